The molecule has 19 heavy (non-hydrogen) atoms. The number of esters is 1. The Bertz CT molecular complexity index is 412. The number of carbonyl (C=O) groups is 1. The number of benzene rings is 1. The number of hydrogen-bond donors (Lipinski definition) is 1. The first-order chi connectivity index (χ1) is 8.78. The molecule has 0 radical (unpaired) electrons. The summed E-state index contributed by atoms with van der Waals surface area (Å²) in [5.74, 6) is 0.353. The van der Waals surface area contributed by atoms with Gasteiger partial charge in [-0.25, -0.2) is 0 Å². The second kappa shape index (κ2) is 6.91. The molecule has 1 aromatic rings. The minimum Gasteiger partial charge on any atom is -0.494 e. The van der Waals surface area contributed by atoms with Crippen LogP contribution in [0.25, 0.3) is 0 Å². The maximum absolute atomic E-state index is 11.6. The van der Waals surface area contributed by atoms with E-state index >= 15 is 0 Å². The quantitative estimate of drug-likeness (QED) is 0.844. The molecule has 0 aliphatic heterocycles. The summed E-state index contributed by atoms with van der Waals surface area (Å²) in [6.07, 6.45) is 0.422. The van der Waals surface area contributed by atoms with Crippen molar-refractivity contribution in [1.29, 1.82) is 0 Å². The van der Waals surface area contributed by atoms with Crippen molar-refractivity contribution in [1.82, 2.24) is 0 Å². The highest BCUT2D eigenvalue weighted by atomic mass is 79.9. The molecule has 5 heteroatoms. The van der Waals surface area contributed by atoms with Crippen molar-refractivity contribution in [2.24, 2.45) is 5.73 Å². The number of halogens is 1. The molecule has 1 rings (SSSR count). The molecule has 0 fully saturated rings. The Labute approximate surface area is 122 Å². The second-order valence-corrected chi connectivity index (χ2v) is 6.15. The lowest BCUT2D eigenvalue weighted by Crippen LogP contribution is -2.38. The third-order valence-corrected chi connectivity index (χ3v) is 2.75. The monoisotopic (exact) mass is 329 g/mol. The van der Waals surface area contributed by atoms with E-state index in [0.717, 1.165) is 10.2 Å². The van der Waals surface area contributed by atoms with Crippen molar-refractivity contribution in [2.45, 2.75) is 38.8 Å². The summed E-state index contributed by atoms with van der Waals surface area (Å²) in [5, 5.41) is 0. The van der Waals surface area contributed by atoms with Gasteiger partial charge in [0.15, 0.2) is 0 Å². The summed E-state index contributed by atoms with van der Waals surface area (Å²) < 4.78 is 11.7. The van der Waals surface area contributed by atoms with Gasteiger partial charge in [-0.1, -0.05) is 15.9 Å². The molecule has 4 nitrogen and oxygen atoms in total. The van der Waals surface area contributed by atoms with Crippen LogP contribution in [0.1, 0.15) is 27.2 Å². The molecule has 0 bridgehead atoms. The molecule has 0 saturated heterocycles. The first kappa shape index (κ1) is 16.0. The standard InChI is InChI=1S/C14H20BrNO3/c1-14(2,3)19-13(17)12(16)8-9-18-11-6-4-10(15)5-7-11/h4-7,12H,8-9,16H2,1-3H3. The molecular formula is C14H20BrNO3. The summed E-state index contributed by atoms with van der Waals surface area (Å²) in [6.45, 7) is 5.82. The van der Waals surface area contributed by atoms with E-state index in [-0.39, 0.29) is 0 Å². The maximum Gasteiger partial charge on any atom is 0.323 e. The third kappa shape index (κ3) is 6.59. The maximum atomic E-state index is 11.6. The zero-order chi connectivity index (χ0) is 14.5. The number of ether oxygens (including phenoxy) is 2. The van der Waals surface area contributed by atoms with Gasteiger partial charge >= 0.3 is 5.97 Å². The van der Waals surface area contributed by atoms with Crippen LogP contribution < -0.4 is 10.5 Å². The molecule has 0 aliphatic rings. The Hall–Kier alpha value is -1.07. The lowest BCUT2D eigenvalue weighted by molar-refractivity contribution is -0.156. The summed E-state index contributed by atoms with van der Waals surface area (Å²) >= 11 is 3.35. The molecule has 0 saturated carbocycles. The van der Waals surface area contributed by atoms with Gasteiger partial charge in [0.25, 0.3) is 0 Å². The molecule has 1 unspecified atom stereocenters. The van der Waals surface area contributed by atoms with Gasteiger partial charge in [-0.3, -0.25) is 4.79 Å². The molecule has 0 spiro atoms. The van der Waals surface area contributed by atoms with E-state index in [2.05, 4.69) is 15.9 Å². The van der Waals surface area contributed by atoms with Crippen molar-refractivity contribution >= 4 is 21.9 Å². The largest absolute Gasteiger partial charge is 0.494 e. The number of hydrogen-bond acceptors (Lipinski definition) is 4. The summed E-state index contributed by atoms with van der Waals surface area (Å²) in [6, 6.07) is 6.83. The van der Waals surface area contributed by atoms with Crippen molar-refractivity contribution < 1.29 is 14.3 Å². The predicted octanol–water partition coefficient (Wildman–Crippen LogP) is 2.89. The Kier molecular flexibility index (Phi) is 5.82. The highest BCUT2D eigenvalue weighted by molar-refractivity contribution is 9.10. The van der Waals surface area contributed by atoms with Gasteiger partial charge in [0.2, 0.25) is 0 Å². The van der Waals surface area contributed by atoms with Crippen molar-refractivity contribution in [3.63, 3.8) is 0 Å². The Morgan fingerprint density at radius 2 is 1.89 bits per heavy atom. The fourth-order valence-electron chi connectivity index (χ4n) is 1.33. The molecule has 0 aromatic heterocycles. The predicted molar refractivity (Wildman–Crippen MR) is 78.1 cm³/mol. The van der Waals surface area contributed by atoms with Gasteiger partial charge in [-0.2, -0.15) is 0 Å². The van der Waals surface area contributed by atoms with E-state index in [1.165, 1.54) is 0 Å². The summed E-state index contributed by atoms with van der Waals surface area (Å²) in [5.41, 5.74) is 5.24. The molecule has 0 aliphatic carbocycles. The Morgan fingerprint density at radius 1 is 1.32 bits per heavy atom. The average Bonchev–Trinajstić information content (AvgIpc) is 2.29. The smallest absolute Gasteiger partial charge is 0.323 e. The minimum absolute atomic E-state index is 0.377. The molecule has 0 heterocycles. The first-order valence-corrected chi connectivity index (χ1v) is 6.94. The minimum atomic E-state index is -0.658. The van der Waals surface area contributed by atoms with Gasteiger partial charge in [0, 0.05) is 10.9 Å². The first-order valence-electron chi connectivity index (χ1n) is 6.15. The van der Waals surface area contributed by atoms with Crippen LogP contribution in [0.3, 0.4) is 0 Å². The van der Waals surface area contributed by atoms with E-state index in [4.69, 9.17) is 15.2 Å². The highest BCUT2D eigenvalue weighted by Crippen LogP contribution is 2.16. The summed E-state index contributed by atoms with van der Waals surface area (Å²) in [7, 11) is 0. The molecule has 1 aromatic carbocycles. The number of carbonyl (C=O) groups excluding carboxylic acids is 1. The summed E-state index contributed by atoms with van der Waals surface area (Å²) in [4.78, 5) is 11.6. The van der Waals surface area contributed by atoms with E-state index < -0.39 is 17.6 Å². The van der Waals surface area contributed by atoms with Crippen LogP contribution in [-0.2, 0) is 9.53 Å². The molecule has 106 valence electrons. The van der Waals surface area contributed by atoms with Crippen LogP contribution in [0, 0.1) is 0 Å². The zero-order valence-corrected chi connectivity index (χ0v) is 13.1. The van der Waals surface area contributed by atoms with Crippen LogP contribution in [0.4, 0.5) is 0 Å². The van der Waals surface area contributed by atoms with Crippen molar-refractivity contribution in [3.05, 3.63) is 28.7 Å². The van der Waals surface area contributed by atoms with E-state index in [0.29, 0.717) is 13.0 Å². The van der Waals surface area contributed by atoms with Gasteiger partial charge in [0.1, 0.15) is 17.4 Å². The lowest BCUT2D eigenvalue weighted by Gasteiger charge is -2.22. The number of rotatable bonds is 5. The van der Waals surface area contributed by atoms with E-state index in [1.54, 1.807) is 0 Å². The molecule has 1 atom stereocenters. The third-order valence-electron chi connectivity index (χ3n) is 2.22. The topological polar surface area (TPSA) is 61.5 Å². The SMILES string of the molecule is CC(C)(C)OC(=O)C(N)CCOc1ccc(Br)cc1. The molecular weight excluding hydrogens is 310 g/mol. The van der Waals surface area contributed by atoms with Crippen LogP contribution >= 0.6 is 15.9 Å². The Morgan fingerprint density at radius 3 is 2.42 bits per heavy atom. The van der Waals surface area contributed by atoms with Crippen LogP contribution in [0.15, 0.2) is 28.7 Å². The van der Waals surface area contributed by atoms with Crippen molar-refractivity contribution in [2.75, 3.05) is 6.61 Å². The molecule has 2 N–H and O–H groups in total. The highest BCUT2D eigenvalue weighted by Gasteiger charge is 2.21. The normalized spacial score (nSPS) is 12.9. The zero-order valence-electron chi connectivity index (χ0n) is 11.5. The van der Waals surface area contributed by atoms with Gasteiger partial charge in [-0.05, 0) is 45.0 Å². The fourth-order valence-corrected chi connectivity index (χ4v) is 1.59. The van der Waals surface area contributed by atoms with Crippen LogP contribution in [-0.4, -0.2) is 24.2 Å². The van der Waals surface area contributed by atoms with Crippen LogP contribution in [0.2, 0.25) is 0 Å². The second-order valence-electron chi connectivity index (χ2n) is 5.23. The van der Waals surface area contributed by atoms with Gasteiger partial charge in [0.05, 0.1) is 6.61 Å². The van der Waals surface area contributed by atoms with E-state index in [1.807, 2.05) is 45.0 Å². The fraction of sp³-hybridized carbons (Fsp3) is 0.500. The Balaban J connectivity index is 2.32. The van der Waals surface area contributed by atoms with Crippen LogP contribution in [0.5, 0.6) is 5.75 Å². The molecule has 0 amide bonds. The van der Waals surface area contributed by atoms with Gasteiger partial charge < -0.3 is 15.2 Å². The average molecular weight is 330 g/mol. The van der Waals surface area contributed by atoms with E-state index in [9.17, 15) is 4.79 Å². The number of nitrogens with two attached hydrogens (primary N) is 1. The van der Waals surface area contributed by atoms with Crippen molar-refractivity contribution in [3.8, 4) is 5.75 Å². The lowest BCUT2D eigenvalue weighted by atomic mass is 10.2. The van der Waals surface area contributed by atoms with Gasteiger partial charge in [-0.15, -0.1) is 0 Å².